The molecular formula is C21H25ClN4O3S. The number of amides is 1. The molecule has 0 spiro atoms. The predicted octanol–water partition coefficient (Wildman–Crippen LogP) is 3.04. The smallest absolute Gasteiger partial charge is 0.267 e. The zero-order chi connectivity index (χ0) is 20.8. The summed E-state index contributed by atoms with van der Waals surface area (Å²) in [6.45, 7) is 5.60. The van der Waals surface area contributed by atoms with Crippen molar-refractivity contribution in [2.24, 2.45) is 5.16 Å². The molecule has 4 heterocycles. The Morgan fingerprint density at radius 1 is 1.23 bits per heavy atom. The highest BCUT2D eigenvalue weighted by Crippen LogP contribution is 2.27. The van der Waals surface area contributed by atoms with Crippen molar-refractivity contribution >= 4 is 34.6 Å². The summed E-state index contributed by atoms with van der Waals surface area (Å²) >= 11 is 7.48. The van der Waals surface area contributed by atoms with E-state index in [0.29, 0.717) is 23.8 Å². The van der Waals surface area contributed by atoms with Crippen LogP contribution in [0.15, 0.2) is 41.8 Å². The molecule has 0 N–H and O–H groups in total. The Kier molecular flexibility index (Phi) is 7.33. The molecular weight excluding hydrogens is 424 g/mol. The molecule has 0 bridgehead atoms. The van der Waals surface area contributed by atoms with Crippen LogP contribution in [0.5, 0.6) is 0 Å². The highest BCUT2D eigenvalue weighted by Gasteiger charge is 2.33. The molecule has 160 valence electrons. The largest absolute Gasteiger partial charge is 0.382 e. The van der Waals surface area contributed by atoms with Crippen LogP contribution in [0.3, 0.4) is 0 Å². The molecule has 0 aliphatic carbocycles. The lowest BCUT2D eigenvalue weighted by molar-refractivity contribution is -0.142. The summed E-state index contributed by atoms with van der Waals surface area (Å²) in [6.07, 6.45) is 4.27. The fourth-order valence-corrected chi connectivity index (χ4v) is 4.65. The van der Waals surface area contributed by atoms with Crippen LogP contribution < -0.4 is 0 Å². The van der Waals surface area contributed by atoms with E-state index >= 15 is 0 Å². The normalized spacial score (nSPS) is 19.4. The zero-order valence-corrected chi connectivity index (χ0v) is 18.3. The molecule has 2 aromatic heterocycles. The quantitative estimate of drug-likeness (QED) is 0.621. The van der Waals surface area contributed by atoms with Crippen LogP contribution in [0.2, 0.25) is 4.34 Å². The third kappa shape index (κ3) is 5.57. The molecule has 1 amide bonds. The molecule has 1 fully saturated rings. The summed E-state index contributed by atoms with van der Waals surface area (Å²) < 4.78 is 6.11. The lowest BCUT2D eigenvalue weighted by Crippen LogP contribution is -2.42. The van der Waals surface area contributed by atoms with Gasteiger partial charge in [0.25, 0.3) is 5.91 Å². The van der Waals surface area contributed by atoms with Crippen molar-refractivity contribution in [3.63, 3.8) is 0 Å². The van der Waals surface area contributed by atoms with Gasteiger partial charge in [-0.1, -0.05) is 16.8 Å². The van der Waals surface area contributed by atoms with Crippen molar-refractivity contribution in [2.45, 2.75) is 25.5 Å². The van der Waals surface area contributed by atoms with Gasteiger partial charge in [-0.15, -0.1) is 11.3 Å². The van der Waals surface area contributed by atoms with E-state index in [0.717, 1.165) is 55.4 Å². The number of carbonyl (C=O) groups excluding carboxylic acids is 1. The fraction of sp³-hybridized carbons (Fsp3) is 0.476. The van der Waals surface area contributed by atoms with Crippen molar-refractivity contribution in [3.8, 4) is 0 Å². The topological polar surface area (TPSA) is 67.3 Å². The first-order valence-corrected chi connectivity index (χ1v) is 11.3. The van der Waals surface area contributed by atoms with Crippen LogP contribution in [0.25, 0.3) is 0 Å². The average molecular weight is 449 g/mol. The number of nitrogens with zero attached hydrogens (tertiary/aromatic N) is 4. The van der Waals surface area contributed by atoms with Gasteiger partial charge in [0.2, 0.25) is 6.10 Å². The highest BCUT2D eigenvalue weighted by atomic mass is 35.5. The highest BCUT2D eigenvalue weighted by molar-refractivity contribution is 7.18. The summed E-state index contributed by atoms with van der Waals surface area (Å²) in [5.41, 5.74) is 1.83. The molecule has 2 aliphatic rings. The molecule has 7 nitrogen and oxygen atoms in total. The summed E-state index contributed by atoms with van der Waals surface area (Å²) in [4.78, 5) is 28.1. The van der Waals surface area contributed by atoms with E-state index in [9.17, 15) is 4.79 Å². The van der Waals surface area contributed by atoms with Crippen LogP contribution in [-0.4, -0.2) is 71.9 Å². The van der Waals surface area contributed by atoms with E-state index in [2.05, 4.69) is 15.0 Å². The van der Waals surface area contributed by atoms with Gasteiger partial charge in [-0.25, -0.2) is 0 Å². The van der Waals surface area contributed by atoms with Crippen LogP contribution in [0, 0.1) is 0 Å². The number of rotatable bonds is 8. The number of halogens is 1. The van der Waals surface area contributed by atoms with E-state index in [1.807, 2.05) is 29.2 Å². The number of ether oxygens (including phenoxy) is 1. The number of aromatic nitrogens is 1. The van der Waals surface area contributed by atoms with Crippen molar-refractivity contribution in [1.29, 1.82) is 0 Å². The number of oxime groups is 1. The first-order valence-electron chi connectivity index (χ1n) is 10.2. The van der Waals surface area contributed by atoms with Gasteiger partial charge in [-0.3, -0.25) is 14.7 Å². The molecule has 0 saturated carbocycles. The van der Waals surface area contributed by atoms with Gasteiger partial charge in [0.1, 0.15) is 5.71 Å². The van der Waals surface area contributed by atoms with Gasteiger partial charge in [0, 0.05) is 51.5 Å². The first-order chi connectivity index (χ1) is 14.7. The van der Waals surface area contributed by atoms with Crippen LogP contribution in [-0.2, 0) is 20.9 Å². The molecule has 9 heteroatoms. The summed E-state index contributed by atoms with van der Waals surface area (Å²) in [6, 6.07) is 7.63. The molecule has 2 aromatic rings. The molecule has 1 atom stereocenters. The molecule has 4 rings (SSSR count). The maximum Gasteiger partial charge on any atom is 0.267 e. The minimum absolute atomic E-state index is 0.0322. The van der Waals surface area contributed by atoms with E-state index in [1.54, 1.807) is 12.4 Å². The number of hydrogen-bond donors (Lipinski definition) is 0. The second-order valence-electron chi connectivity index (χ2n) is 7.36. The average Bonchev–Trinajstić information content (AvgIpc) is 3.43. The number of carbonyl (C=O) groups is 1. The van der Waals surface area contributed by atoms with Gasteiger partial charge in [0.15, 0.2) is 0 Å². The SMILES string of the molecule is O=C(C1CC(c2ccc(Cl)s2)=NO1)N(CCCN1CCOCC1)Cc1ccncc1. The van der Waals surface area contributed by atoms with Crippen molar-refractivity contribution in [1.82, 2.24) is 14.8 Å². The van der Waals surface area contributed by atoms with E-state index in [4.69, 9.17) is 21.2 Å². The zero-order valence-electron chi connectivity index (χ0n) is 16.7. The maximum absolute atomic E-state index is 13.3. The predicted molar refractivity (Wildman–Crippen MR) is 117 cm³/mol. The van der Waals surface area contributed by atoms with Gasteiger partial charge in [-0.2, -0.15) is 0 Å². The standard InChI is InChI=1S/C21H25ClN4O3S/c22-20-3-2-19(30-20)17-14-18(29-24-17)21(27)26(15-16-4-6-23-7-5-16)9-1-8-25-10-12-28-13-11-25/h2-7,18H,1,8-15H2. The van der Waals surface area contributed by atoms with Crippen LogP contribution in [0.4, 0.5) is 0 Å². The second kappa shape index (κ2) is 10.3. The Balaban J connectivity index is 1.37. The Morgan fingerprint density at radius 3 is 2.77 bits per heavy atom. The van der Waals surface area contributed by atoms with Gasteiger partial charge in [0.05, 0.1) is 22.4 Å². The monoisotopic (exact) mass is 448 g/mol. The second-order valence-corrected chi connectivity index (χ2v) is 9.08. The summed E-state index contributed by atoms with van der Waals surface area (Å²) in [5, 5.41) is 4.15. The molecule has 30 heavy (non-hydrogen) atoms. The molecule has 1 unspecified atom stereocenters. The summed E-state index contributed by atoms with van der Waals surface area (Å²) in [5.74, 6) is -0.0322. The minimum Gasteiger partial charge on any atom is -0.382 e. The van der Waals surface area contributed by atoms with Crippen molar-refractivity contribution < 1.29 is 14.4 Å². The van der Waals surface area contributed by atoms with Crippen LogP contribution >= 0.6 is 22.9 Å². The number of morpholine rings is 1. The van der Waals surface area contributed by atoms with Crippen molar-refractivity contribution in [3.05, 3.63) is 51.4 Å². The lowest BCUT2D eigenvalue weighted by Gasteiger charge is -2.29. The Hall–Kier alpha value is -2.00. The Morgan fingerprint density at radius 2 is 2.03 bits per heavy atom. The fourth-order valence-electron chi connectivity index (χ4n) is 3.61. The molecule has 0 aromatic carbocycles. The van der Waals surface area contributed by atoms with Crippen molar-refractivity contribution in [2.75, 3.05) is 39.4 Å². The van der Waals surface area contributed by atoms with E-state index in [1.165, 1.54) is 11.3 Å². The maximum atomic E-state index is 13.3. The van der Waals surface area contributed by atoms with Crippen LogP contribution in [0.1, 0.15) is 23.3 Å². The minimum atomic E-state index is -0.592. The van der Waals surface area contributed by atoms with E-state index < -0.39 is 6.10 Å². The van der Waals surface area contributed by atoms with E-state index in [-0.39, 0.29) is 5.91 Å². The number of hydrogen-bond acceptors (Lipinski definition) is 7. The van der Waals surface area contributed by atoms with Gasteiger partial charge in [-0.05, 0) is 36.2 Å². The Labute approximate surface area is 185 Å². The third-order valence-corrected chi connectivity index (χ3v) is 6.52. The third-order valence-electron chi connectivity index (χ3n) is 5.24. The summed E-state index contributed by atoms with van der Waals surface area (Å²) in [7, 11) is 0. The lowest BCUT2D eigenvalue weighted by atomic mass is 10.1. The first kappa shape index (κ1) is 21.2. The number of pyridine rings is 1. The Bertz CT molecular complexity index is 870. The molecule has 1 saturated heterocycles. The number of thiophene rings is 1. The molecule has 2 aliphatic heterocycles. The van der Waals surface area contributed by atoms with Gasteiger partial charge >= 0.3 is 0 Å². The van der Waals surface area contributed by atoms with Gasteiger partial charge < -0.3 is 14.5 Å². The molecule has 0 radical (unpaired) electrons.